The molecule has 0 saturated carbocycles. The van der Waals surface area contributed by atoms with Crippen LogP contribution in [0.4, 0.5) is 4.39 Å². The average Bonchev–Trinajstić information content (AvgIpc) is 3.18. The molecule has 0 spiro atoms. The molecule has 0 radical (unpaired) electrons. The fourth-order valence-corrected chi connectivity index (χ4v) is 3.77. The van der Waals surface area contributed by atoms with Crippen molar-refractivity contribution in [2.45, 2.75) is 26.2 Å². The molecule has 0 N–H and O–H groups in total. The molecule has 0 bridgehead atoms. The Morgan fingerprint density at radius 3 is 2.75 bits per heavy atom. The summed E-state index contributed by atoms with van der Waals surface area (Å²) in [5.41, 5.74) is 0.867. The van der Waals surface area contributed by atoms with Crippen LogP contribution in [0.5, 0.6) is 0 Å². The molecule has 6 nitrogen and oxygen atoms in total. The third-order valence-corrected chi connectivity index (χ3v) is 5.65. The molecule has 1 aliphatic heterocycles. The van der Waals surface area contributed by atoms with Crippen molar-refractivity contribution in [1.29, 1.82) is 0 Å². The largest absolute Gasteiger partial charge is 0.459 e. The minimum atomic E-state index is -0.497. The zero-order valence-electron chi connectivity index (χ0n) is 15.4. The number of hydrogen-bond donors (Lipinski definition) is 0. The van der Waals surface area contributed by atoms with Crippen molar-refractivity contribution in [1.82, 2.24) is 14.5 Å². The van der Waals surface area contributed by atoms with Gasteiger partial charge in [0.2, 0.25) is 0 Å². The fourth-order valence-electron chi connectivity index (χ4n) is 3.55. The predicted molar refractivity (Wildman–Crippen MR) is 101 cm³/mol. The fraction of sp³-hybridized carbons (Fsp3) is 0.350. The second-order valence-electron chi connectivity index (χ2n) is 7.00. The second-order valence-corrected chi connectivity index (χ2v) is 7.35. The van der Waals surface area contributed by atoms with Crippen LogP contribution in [0.15, 0.2) is 42.9 Å². The van der Waals surface area contributed by atoms with E-state index < -0.39 is 18.0 Å². The van der Waals surface area contributed by atoms with Crippen LogP contribution in [-0.4, -0.2) is 33.2 Å². The van der Waals surface area contributed by atoms with Crippen molar-refractivity contribution >= 4 is 28.6 Å². The van der Waals surface area contributed by atoms with Crippen molar-refractivity contribution in [3.8, 4) is 0 Å². The molecule has 3 heterocycles. The highest BCUT2D eigenvalue weighted by Crippen LogP contribution is 2.41. The Labute approximate surface area is 166 Å². The number of carbonyl (C=O) groups excluding carboxylic acids is 1. The van der Waals surface area contributed by atoms with Crippen LogP contribution in [0.25, 0.3) is 11.0 Å². The second kappa shape index (κ2) is 7.48. The van der Waals surface area contributed by atoms with Gasteiger partial charge in [-0.1, -0.05) is 43.6 Å². The van der Waals surface area contributed by atoms with Crippen LogP contribution >= 0.6 is 11.6 Å². The molecule has 4 atom stereocenters. The first kappa shape index (κ1) is 18.8. The smallest absolute Gasteiger partial charge is 0.338 e. The number of ether oxygens (including phenoxy) is 2. The minimum Gasteiger partial charge on any atom is -0.459 e. The molecule has 1 saturated heterocycles. The van der Waals surface area contributed by atoms with Gasteiger partial charge in [0.15, 0.2) is 5.82 Å². The highest BCUT2D eigenvalue weighted by Gasteiger charge is 2.41. The number of benzene rings is 1. The molecule has 0 unspecified atom stereocenters. The topological polar surface area (TPSA) is 66.2 Å². The number of nitrogens with zero attached hydrogens (tertiary/aromatic N) is 3. The molecule has 3 aromatic rings. The molecule has 146 valence electrons. The van der Waals surface area contributed by atoms with Crippen molar-refractivity contribution < 1.29 is 18.7 Å². The van der Waals surface area contributed by atoms with Gasteiger partial charge in [-0.05, 0) is 18.1 Å². The Morgan fingerprint density at radius 2 is 2.00 bits per heavy atom. The number of fused-ring (bicyclic) bond motifs is 1. The summed E-state index contributed by atoms with van der Waals surface area (Å²) in [4.78, 5) is 20.2. The summed E-state index contributed by atoms with van der Waals surface area (Å²) in [5, 5.41) is 0.236. The lowest BCUT2D eigenvalue weighted by molar-refractivity contribution is -0.0417. The Kier molecular flexibility index (Phi) is 5.03. The van der Waals surface area contributed by atoms with Gasteiger partial charge in [-0.25, -0.2) is 19.2 Å². The summed E-state index contributed by atoms with van der Waals surface area (Å²) in [5.74, 6) is -0.761. The maximum Gasteiger partial charge on any atom is 0.338 e. The third kappa shape index (κ3) is 3.25. The van der Waals surface area contributed by atoms with Crippen molar-refractivity contribution in [2.24, 2.45) is 11.8 Å². The molecule has 1 aliphatic rings. The lowest BCUT2D eigenvalue weighted by Crippen LogP contribution is -2.24. The van der Waals surface area contributed by atoms with Gasteiger partial charge in [0.25, 0.3) is 0 Å². The molecule has 2 aromatic heterocycles. The summed E-state index contributed by atoms with van der Waals surface area (Å²) in [7, 11) is 0. The van der Waals surface area contributed by atoms with E-state index in [1.807, 2.05) is 19.9 Å². The van der Waals surface area contributed by atoms with E-state index in [0.29, 0.717) is 11.2 Å². The average molecular weight is 404 g/mol. The van der Waals surface area contributed by atoms with E-state index in [9.17, 15) is 9.18 Å². The highest BCUT2D eigenvalue weighted by molar-refractivity contribution is 6.34. The first-order valence-corrected chi connectivity index (χ1v) is 9.39. The van der Waals surface area contributed by atoms with Crippen LogP contribution in [0.1, 0.15) is 30.4 Å². The highest BCUT2D eigenvalue weighted by atomic mass is 35.5. The van der Waals surface area contributed by atoms with Gasteiger partial charge in [0.05, 0.1) is 17.1 Å². The standard InChI is InChI=1S/C20H19ClFN3O3/c1-11-12(2)19(25-8-14(22)16-17(21)23-10-24-18(16)25)28-15(11)9-27-20(26)13-6-4-3-5-7-13/h3-8,10-12,15,19H,9H2,1-2H3/t11-,12-,15+,19+/m0/s1. The molecule has 0 aliphatic carbocycles. The Bertz CT molecular complexity index is 1010. The predicted octanol–water partition coefficient (Wildman–Crippen LogP) is 4.25. The first-order valence-electron chi connectivity index (χ1n) is 9.01. The van der Waals surface area contributed by atoms with Gasteiger partial charge in [-0.2, -0.15) is 0 Å². The summed E-state index contributed by atoms with van der Waals surface area (Å²) in [6.45, 7) is 4.16. The number of aromatic nitrogens is 3. The van der Waals surface area contributed by atoms with Crippen molar-refractivity contribution in [3.05, 3.63) is 59.4 Å². The maximum absolute atomic E-state index is 14.4. The number of rotatable bonds is 4. The molecule has 8 heteroatoms. The third-order valence-electron chi connectivity index (χ3n) is 5.36. The Balaban J connectivity index is 1.52. The quantitative estimate of drug-likeness (QED) is 0.481. The van der Waals surface area contributed by atoms with Crippen LogP contribution in [-0.2, 0) is 9.47 Å². The zero-order chi connectivity index (χ0) is 19.8. The summed E-state index contributed by atoms with van der Waals surface area (Å²) in [6.07, 6.45) is 1.86. The van der Waals surface area contributed by atoms with Crippen LogP contribution in [0.2, 0.25) is 5.15 Å². The van der Waals surface area contributed by atoms with Gasteiger partial charge in [-0.3, -0.25) is 0 Å². The van der Waals surface area contributed by atoms with Gasteiger partial charge in [0, 0.05) is 12.1 Å². The first-order chi connectivity index (χ1) is 13.5. The van der Waals surface area contributed by atoms with Crippen LogP contribution in [0.3, 0.4) is 0 Å². The van der Waals surface area contributed by atoms with Crippen LogP contribution < -0.4 is 0 Å². The summed E-state index contributed by atoms with van der Waals surface area (Å²) in [6, 6.07) is 8.79. The molecule has 4 rings (SSSR count). The van der Waals surface area contributed by atoms with Crippen molar-refractivity contribution in [3.63, 3.8) is 0 Å². The van der Waals surface area contributed by atoms with E-state index in [4.69, 9.17) is 21.1 Å². The monoisotopic (exact) mass is 403 g/mol. The lowest BCUT2D eigenvalue weighted by atomic mass is 9.93. The molecular formula is C20H19ClFN3O3. The number of carbonyl (C=O) groups is 1. The molecule has 28 heavy (non-hydrogen) atoms. The van der Waals surface area contributed by atoms with E-state index in [1.54, 1.807) is 28.8 Å². The molecule has 0 amide bonds. The zero-order valence-corrected chi connectivity index (χ0v) is 16.1. The summed E-state index contributed by atoms with van der Waals surface area (Å²) < 4.78 is 27.6. The van der Waals surface area contributed by atoms with Gasteiger partial charge in [-0.15, -0.1) is 0 Å². The molecular weight excluding hydrogens is 385 g/mol. The number of hydrogen-bond acceptors (Lipinski definition) is 5. The Hall–Kier alpha value is -2.51. The van der Waals surface area contributed by atoms with E-state index >= 15 is 0 Å². The van der Waals surface area contributed by atoms with Gasteiger partial charge < -0.3 is 14.0 Å². The van der Waals surface area contributed by atoms with E-state index in [-0.39, 0.29) is 35.1 Å². The van der Waals surface area contributed by atoms with E-state index in [2.05, 4.69) is 9.97 Å². The van der Waals surface area contributed by atoms with Gasteiger partial charge in [0.1, 0.15) is 30.0 Å². The van der Waals surface area contributed by atoms with E-state index in [1.165, 1.54) is 12.5 Å². The molecule has 1 aromatic carbocycles. The normalized spacial score (nSPS) is 24.6. The number of halogens is 2. The molecule has 1 fully saturated rings. The lowest BCUT2D eigenvalue weighted by Gasteiger charge is -2.18. The minimum absolute atomic E-state index is 0.0455. The summed E-state index contributed by atoms with van der Waals surface area (Å²) >= 11 is 6.02. The maximum atomic E-state index is 14.4. The SMILES string of the molecule is C[C@H]1[C@H](C)[C@@H](COC(=O)c2ccccc2)O[C@H]1n1cc(F)c2c(Cl)ncnc21. The van der Waals surface area contributed by atoms with Crippen molar-refractivity contribution in [2.75, 3.05) is 6.61 Å². The number of esters is 1. The van der Waals surface area contributed by atoms with Gasteiger partial charge >= 0.3 is 5.97 Å². The van der Waals surface area contributed by atoms with E-state index in [0.717, 1.165) is 0 Å². The van der Waals surface area contributed by atoms with Crippen LogP contribution in [0, 0.1) is 17.7 Å². The Morgan fingerprint density at radius 1 is 1.25 bits per heavy atom.